The minimum absolute atomic E-state index is 0.758. The molecule has 0 aromatic carbocycles. The van der Waals surface area contributed by atoms with E-state index in [9.17, 15) is 0 Å². The molecule has 0 bridgehead atoms. The van der Waals surface area contributed by atoms with Gasteiger partial charge < -0.3 is 10.1 Å². The van der Waals surface area contributed by atoms with Crippen LogP contribution in [0.3, 0.4) is 0 Å². The summed E-state index contributed by atoms with van der Waals surface area (Å²) in [5.41, 5.74) is 1.27. The molecule has 4 heteroatoms. The Balaban J connectivity index is 1.91. The van der Waals surface area contributed by atoms with Crippen molar-refractivity contribution in [3.63, 3.8) is 0 Å². The molecular weight excluding hydrogens is 214 g/mol. The van der Waals surface area contributed by atoms with Gasteiger partial charge in [0.2, 0.25) is 0 Å². The molecule has 2 rings (SSSR count). The lowest BCUT2D eigenvalue weighted by Gasteiger charge is -2.21. The lowest BCUT2D eigenvalue weighted by atomic mass is 10.2. The summed E-state index contributed by atoms with van der Waals surface area (Å²) < 4.78 is 5.16. The van der Waals surface area contributed by atoms with Gasteiger partial charge in [0.15, 0.2) is 0 Å². The van der Waals surface area contributed by atoms with Crippen molar-refractivity contribution in [2.75, 3.05) is 32.6 Å². The van der Waals surface area contributed by atoms with Crippen molar-refractivity contribution in [1.82, 2.24) is 9.88 Å². The van der Waals surface area contributed by atoms with Crippen molar-refractivity contribution in [3.8, 4) is 0 Å². The van der Waals surface area contributed by atoms with Gasteiger partial charge >= 0.3 is 0 Å². The SMILES string of the molecule is CNc1ccc(CN(CCOC)C2CC2)cn1. The van der Waals surface area contributed by atoms with E-state index in [0.717, 1.165) is 31.6 Å². The molecule has 1 fully saturated rings. The van der Waals surface area contributed by atoms with Crippen molar-refractivity contribution in [3.05, 3.63) is 23.9 Å². The molecule has 0 radical (unpaired) electrons. The molecule has 0 spiro atoms. The average molecular weight is 235 g/mol. The molecule has 17 heavy (non-hydrogen) atoms. The van der Waals surface area contributed by atoms with Crippen LogP contribution in [0, 0.1) is 0 Å². The average Bonchev–Trinajstić information content (AvgIpc) is 3.19. The van der Waals surface area contributed by atoms with Gasteiger partial charge in [0.05, 0.1) is 6.61 Å². The van der Waals surface area contributed by atoms with Crippen LogP contribution >= 0.6 is 0 Å². The number of hydrogen-bond donors (Lipinski definition) is 1. The van der Waals surface area contributed by atoms with Crippen LogP contribution in [-0.2, 0) is 11.3 Å². The second-order valence-electron chi connectivity index (χ2n) is 4.50. The van der Waals surface area contributed by atoms with Gasteiger partial charge in [-0.1, -0.05) is 6.07 Å². The van der Waals surface area contributed by atoms with Gasteiger partial charge in [-0.05, 0) is 24.5 Å². The Kier molecular flexibility index (Phi) is 4.34. The number of anilines is 1. The summed E-state index contributed by atoms with van der Waals surface area (Å²) in [5, 5.41) is 3.03. The molecule has 1 aromatic rings. The summed E-state index contributed by atoms with van der Waals surface area (Å²) in [4.78, 5) is 6.83. The molecule has 4 nitrogen and oxygen atoms in total. The lowest BCUT2D eigenvalue weighted by Crippen LogP contribution is -2.29. The summed E-state index contributed by atoms with van der Waals surface area (Å²) in [6.07, 6.45) is 4.60. The fraction of sp³-hybridized carbons (Fsp3) is 0.615. The van der Waals surface area contributed by atoms with Crippen molar-refractivity contribution in [2.24, 2.45) is 0 Å². The second kappa shape index (κ2) is 5.98. The summed E-state index contributed by atoms with van der Waals surface area (Å²) in [7, 11) is 3.64. The van der Waals surface area contributed by atoms with Crippen molar-refractivity contribution < 1.29 is 4.74 Å². The highest BCUT2D eigenvalue weighted by molar-refractivity contribution is 5.34. The Morgan fingerprint density at radius 3 is 2.82 bits per heavy atom. The highest BCUT2D eigenvalue weighted by Crippen LogP contribution is 2.27. The first-order valence-electron chi connectivity index (χ1n) is 6.19. The predicted molar refractivity (Wildman–Crippen MR) is 69.1 cm³/mol. The maximum absolute atomic E-state index is 5.16. The monoisotopic (exact) mass is 235 g/mol. The molecular formula is C13H21N3O. The normalized spacial score (nSPS) is 15.2. The van der Waals surface area contributed by atoms with Gasteiger partial charge in [0.1, 0.15) is 5.82 Å². The highest BCUT2D eigenvalue weighted by Gasteiger charge is 2.28. The number of pyridine rings is 1. The van der Waals surface area contributed by atoms with Crippen LogP contribution < -0.4 is 5.32 Å². The number of aromatic nitrogens is 1. The fourth-order valence-electron chi connectivity index (χ4n) is 1.94. The largest absolute Gasteiger partial charge is 0.383 e. The van der Waals surface area contributed by atoms with E-state index >= 15 is 0 Å². The number of rotatable bonds is 7. The molecule has 1 aliphatic carbocycles. The third-order valence-electron chi connectivity index (χ3n) is 3.11. The third kappa shape index (κ3) is 3.68. The van der Waals surface area contributed by atoms with E-state index in [1.165, 1.54) is 18.4 Å². The molecule has 0 aliphatic heterocycles. The zero-order chi connectivity index (χ0) is 12.1. The van der Waals surface area contributed by atoms with Crippen molar-refractivity contribution in [2.45, 2.75) is 25.4 Å². The van der Waals surface area contributed by atoms with E-state index in [-0.39, 0.29) is 0 Å². The van der Waals surface area contributed by atoms with Gasteiger partial charge in [-0.15, -0.1) is 0 Å². The second-order valence-corrected chi connectivity index (χ2v) is 4.50. The molecule has 1 saturated carbocycles. The van der Waals surface area contributed by atoms with E-state index in [0.29, 0.717) is 0 Å². The van der Waals surface area contributed by atoms with Crippen LogP contribution in [0.2, 0.25) is 0 Å². The molecule has 0 amide bonds. The first-order valence-corrected chi connectivity index (χ1v) is 6.19. The number of methoxy groups -OCH3 is 1. The Morgan fingerprint density at radius 1 is 1.47 bits per heavy atom. The predicted octanol–water partition coefficient (Wildman–Crippen LogP) is 1.73. The Hall–Kier alpha value is -1.13. The van der Waals surface area contributed by atoms with E-state index in [1.54, 1.807) is 7.11 Å². The van der Waals surface area contributed by atoms with Crippen molar-refractivity contribution >= 4 is 5.82 Å². The van der Waals surface area contributed by atoms with Crippen LogP contribution in [0.4, 0.5) is 5.82 Å². The maximum atomic E-state index is 5.16. The summed E-state index contributed by atoms with van der Waals surface area (Å²) in [6.45, 7) is 2.79. The number of hydrogen-bond acceptors (Lipinski definition) is 4. The quantitative estimate of drug-likeness (QED) is 0.781. The zero-order valence-electron chi connectivity index (χ0n) is 10.6. The Morgan fingerprint density at radius 2 is 2.29 bits per heavy atom. The minimum atomic E-state index is 0.758. The molecule has 1 N–H and O–H groups in total. The fourth-order valence-corrected chi connectivity index (χ4v) is 1.94. The van der Waals surface area contributed by atoms with Gasteiger partial charge in [-0.2, -0.15) is 0 Å². The number of nitrogens with one attached hydrogen (secondary N) is 1. The van der Waals surface area contributed by atoms with Gasteiger partial charge in [-0.3, -0.25) is 4.90 Å². The first-order chi connectivity index (χ1) is 8.33. The molecule has 0 unspecified atom stereocenters. The zero-order valence-corrected chi connectivity index (χ0v) is 10.6. The van der Waals surface area contributed by atoms with Crippen molar-refractivity contribution in [1.29, 1.82) is 0 Å². The van der Waals surface area contributed by atoms with E-state index in [4.69, 9.17) is 4.74 Å². The highest BCUT2D eigenvalue weighted by atomic mass is 16.5. The van der Waals surface area contributed by atoms with E-state index < -0.39 is 0 Å². The lowest BCUT2D eigenvalue weighted by molar-refractivity contribution is 0.139. The van der Waals surface area contributed by atoms with Crippen LogP contribution in [-0.4, -0.2) is 43.2 Å². The number of ether oxygens (including phenoxy) is 1. The summed E-state index contributed by atoms with van der Waals surface area (Å²) >= 11 is 0. The van der Waals surface area contributed by atoms with Gasteiger partial charge in [0, 0.05) is 39.5 Å². The van der Waals surface area contributed by atoms with Gasteiger partial charge in [-0.25, -0.2) is 4.98 Å². The molecule has 1 heterocycles. The Labute approximate surface area is 103 Å². The topological polar surface area (TPSA) is 37.4 Å². The number of nitrogens with zero attached hydrogens (tertiary/aromatic N) is 2. The summed E-state index contributed by atoms with van der Waals surface area (Å²) in [6, 6.07) is 4.92. The summed E-state index contributed by atoms with van der Waals surface area (Å²) in [5.74, 6) is 0.920. The smallest absolute Gasteiger partial charge is 0.125 e. The molecule has 1 aromatic heterocycles. The van der Waals surface area contributed by atoms with Crippen LogP contribution in [0.25, 0.3) is 0 Å². The van der Waals surface area contributed by atoms with Crippen LogP contribution in [0.15, 0.2) is 18.3 Å². The third-order valence-corrected chi connectivity index (χ3v) is 3.11. The molecule has 0 saturated heterocycles. The van der Waals surface area contributed by atoms with Crippen LogP contribution in [0.5, 0.6) is 0 Å². The van der Waals surface area contributed by atoms with Crippen LogP contribution in [0.1, 0.15) is 18.4 Å². The molecule has 1 aliphatic rings. The minimum Gasteiger partial charge on any atom is -0.383 e. The molecule has 94 valence electrons. The first kappa shape index (κ1) is 12.3. The molecule has 0 atom stereocenters. The Bertz CT molecular complexity index is 335. The standard InChI is InChI=1S/C13H21N3O/c1-14-13-6-3-11(9-15-13)10-16(7-8-17-2)12-4-5-12/h3,6,9,12H,4-5,7-8,10H2,1-2H3,(H,14,15). The van der Waals surface area contributed by atoms with E-state index in [1.807, 2.05) is 19.3 Å². The van der Waals surface area contributed by atoms with Gasteiger partial charge in [0.25, 0.3) is 0 Å². The van der Waals surface area contributed by atoms with E-state index in [2.05, 4.69) is 21.3 Å². The maximum Gasteiger partial charge on any atom is 0.125 e.